The lowest BCUT2D eigenvalue weighted by atomic mass is 9.89. The molecule has 0 aliphatic carbocycles. The number of nitrogens with zero attached hydrogens (tertiary/aromatic N) is 2. The van der Waals surface area contributed by atoms with Crippen molar-refractivity contribution in [3.8, 4) is 5.75 Å². The number of likely N-dealkylation sites (tertiary alicyclic amines) is 1. The van der Waals surface area contributed by atoms with Crippen LogP contribution in [0.15, 0.2) is 36.5 Å². The van der Waals surface area contributed by atoms with Gasteiger partial charge in [-0.25, -0.2) is 0 Å². The number of pyridine rings is 1. The normalized spacial score (nSPS) is 19.5. The minimum Gasteiger partial charge on any atom is -0.496 e. The zero-order valence-corrected chi connectivity index (χ0v) is 17.3. The highest BCUT2D eigenvalue weighted by molar-refractivity contribution is 5.85. The zero-order valence-electron chi connectivity index (χ0n) is 15.6. The summed E-state index contributed by atoms with van der Waals surface area (Å²) in [6.45, 7) is 7.76. The number of aromatic nitrogens is 1. The molecule has 1 aliphatic heterocycles. The average Bonchev–Trinajstić information content (AvgIpc) is 3.02. The lowest BCUT2D eigenvalue weighted by Gasteiger charge is -2.18. The van der Waals surface area contributed by atoms with E-state index >= 15 is 0 Å². The monoisotopic (exact) mass is 397 g/mol. The van der Waals surface area contributed by atoms with Gasteiger partial charge in [0.1, 0.15) is 5.75 Å². The third-order valence-electron chi connectivity index (χ3n) is 5.17. The number of ether oxygens (including phenoxy) is 1. The minimum absolute atomic E-state index is 0. The van der Waals surface area contributed by atoms with Gasteiger partial charge in [0, 0.05) is 42.9 Å². The third-order valence-corrected chi connectivity index (χ3v) is 5.17. The molecule has 144 valence electrons. The van der Waals surface area contributed by atoms with Crippen molar-refractivity contribution < 1.29 is 4.74 Å². The predicted molar refractivity (Wildman–Crippen MR) is 112 cm³/mol. The fraction of sp³-hybridized carbons (Fsp3) is 0.450. The van der Waals surface area contributed by atoms with E-state index in [4.69, 9.17) is 10.5 Å². The summed E-state index contributed by atoms with van der Waals surface area (Å²) in [6.07, 6.45) is 1.91. The van der Waals surface area contributed by atoms with Crippen LogP contribution in [0.5, 0.6) is 5.75 Å². The average molecular weight is 398 g/mol. The van der Waals surface area contributed by atoms with E-state index in [0.29, 0.717) is 11.8 Å². The van der Waals surface area contributed by atoms with Crippen molar-refractivity contribution in [3.05, 3.63) is 58.9 Å². The first-order valence-electron chi connectivity index (χ1n) is 8.60. The van der Waals surface area contributed by atoms with Crippen LogP contribution >= 0.6 is 24.8 Å². The molecule has 0 amide bonds. The standard InChI is InChI=1S/C20H27N3O.2ClH/c1-14-10-22-19(15(2)20(14)24-3)13-23-11-17(9-21)18(12-23)16-7-5-4-6-8-16;;/h4-8,10,17-18H,9,11-13,21H2,1-3H3;2*1H/t17-,18+;;/m1../s1. The van der Waals surface area contributed by atoms with Crippen molar-refractivity contribution in [1.82, 2.24) is 9.88 Å². The lowest BCUT2D eigenvalue weighted by Crippen LogP contribution is -2.24. The number of hydrogen-bond donors (Lipinski definition) is 1. The Morgan fingerprint density at radius 3 is 2.46 bits per heavy atom. The molecule has 1 fully saturated rings. The van der Waals surface area contributed by atoms with Gasteiger partial charge in [0.2, 0.25) is 0 Å². The molecule has 0 spiro atoms. The van der Waals surface area contributed by atoms with Gasteiger partial charge in [0.05, 0.1) is 12.8 Å². The maximum Gasteiger partial charge on any atom is 0.128 e. The lowest BCUT2D eigenvalue weighted by molar-refractivity contribution is 0.310. The van der Waals surface area contributed by atoms with Crippen LogP contribution in [0, 0.1) is 19.8 Å². The van der Waals surface area contributed by atoms with E-state index < -0.39 is 0 Å². The van der Waals surface area contributed by atoms with Crippen LogP contribution < -0.4 is 10.5 Å². The molecule has 3 rings (SSSR count). The van der Waals surface area contributed by atoms with Crippen molar-refractivity contribution >= 4 is 24.8 Å². The maximum absolute atomic E-state index is 6.05. The molecular formula is C20H29Cl2N3O. The zero-order chi connectivity index (χ0) is 17.1. The molecule has 1 aliphatic rings. The molecule has 2 atom stereocenters. The van der Waals surface area contributed by atoms with Gasteiger partial charge >= 0.3 is 0 Å². The molecule has 1 aromatic heterocycles. The fourth-order valence-electron chi connectivity index (χ4n) is 3.85. The summed E-state index contributed by atoms with van der Waals surface area (Å²) in [4.78, 5) is 7.12. The molecular weight excluding hydrogens is 369 g/mol. The number of hydrogen-bond acceptors (Lipinski definition) is 4. The Morgan fingerprint density at radius 1 is 1.15 bits per heavy atom. The number of methoxy groups -OCH3 is 1. The van der Waals surface area contributed by atoms with Crippen molar-refractivity contribution in [3.63, 3.8) is 0 Å². The van der Waals surface area contributed by atoms with Gasteiger partial charge in [-0.2, -0.15) is 0 Å². The molecule has 2 aromatic rings. The molecule has 0 saturated carbocycles. The van der Waals surface area contributed by atoms with Crippen molar-refractivity contribution in [2.24, 2.45) is 11.7 Å². The van der Waals surface area contributed by atoms with Gasteiger partial charge in [-0.15, -0.1) is 24.8 Å². The van der Waals surface area contributed by atoms with Crippen LogP contribution in [0.4, 0.5) is 0 Å². The maximum atomic E-state index is 6.05. The largest absolute Gasteiger partial charge is 0.496 e. The van der Waals surface area contributed by atoms with Crippen LogP contribution in [0.1, 0.15) is 28.3 Å². The Hall–Kier alpha value is -1.33. The van der Waals surface area contributed by atoms with Gasteiger partial charge in [-0.1, -0.05) is 30.3 Å². The second kappa shape index (κ2) is 10.1. The SMILES string of the molecule is COc1c(C)cnc(CN2C[C@@H](CN)[C@H](c3ccccc3)C2)c1C.Cl.Cl. The summed E-state index contributed by atoms with van der Waals surface area (Å²) in [5.74, 6) is 1.96. The topological polar surface area (TPSA) is 51.4 Å². The number of rotatable bonds is 5. The first-order valence-corrected chi connectivity index (χ1v) is 8.60. The van der Waals surface area contributed by atoms with Crippen LogP contribution in [0.3, 0.4) is 0 Å². The Bertz CT molecular complexity index is 697. The second-order valence-electron chi connectivity index (χ2n) is 6.75. The first-order chi connectivity index (χ1) is 11.6. The number of nitrogens with two attached hydrogens (primary N) is 1. The van der Waals surface area contributed by atoms with E-state index in [0.717, 1.165) is 48.7 Å². The Kier molecular flexibility index (Phi) is 8.84. The molecule has 2 heterocycles. The van der Waals surface area contributed by atoms with Gasteiger partial charge in [-0.05, 0) is 31.9 Å². The summed E-state index contributed by atoms with van der Waals surface area (Å²) in [5, 5.41) is 0. The van der Waals surface area contributed by atoms with Gasteiger partial charge in [0.15, 0.2) is 0 Å². The van der Waals surface area contributed by atoms with E-state index in [9.17, 15) is 0 Å². The molecule has 0 radical (unpaired) electrons. The molecule has 2 N–H and O–H groups in total. The number of aryl methyl sites for hydroxylation is 1. The fourth-order valence-corrected chi connectivity index (χ4v) is 3.85. The highest BCUT2D eigenvalue weighted by atomic mass is 35.5. The summed E-state index contributed by atoms with van der Waals surface area (Å²) < 4.78 is 5.54. The molecule has 0 bridgehead atoms. The molecule has 1 saturated heterocycles. The van der Waals surface area contributed by atoms with E-state index in [2.05, 4.69) is 47.1 Å². The molecule has 6 heteroatoms. The smallest absolute Gasteiger partial charge is 0.128 e. The van der Waals surface area contributed by atoms with E-state index in [-0.39, 0.29) is 24.8 Å². The number of halogens is 2. The summed E-state index contributed by atoms with van der Waals surface area (Å²) in [5.41, 5.74) is 10.8. The minimum atomic E-state index is 0. The Balaban J connectivity index is 0.00000169. The van der Waals surface area contributed by atoms with Gasteiger partial charge < -0.3 is 10.5 Å². The van der Waals surface area contributed by atoms with Crippen LogP contribution in [-0.4, -0.2) is 36.6 Å². The van der Waals surface area contributed by atoms with Crippen molar-refractivity contribution in [2.75, 3.05) is 26.7 Å². The molecule has 0 unspecified atom stereocenters. The van der Waals surface area contributed by atoms with Crippen LogP contribution in [-0.2, 0) is 6.54 Å². The van der Waals surface area contributed by atoms with E-state index in [1.54, 1.807) is 7.11 Å². The summed E-state index contributed by atoms with van der Waals surface area (Å²) >= 11 is 0. The molecule has 4 nitrogen and oxygen atoms in total. The Labute approximate surface area is 169 Å². The highest BCUT2D eigenvalue weighted by Crippen LogP contribution is 2.33. The van der Waals surface area contributed by atoms with Crippen LogP contribution in [0.25, 0.3) is 0 Å². The van der Waals surface area contributed by atoms with Crippen molar-refractivity contribution in [1.29, 1.82) is 0 Å². The summed E-state index contributed by atoms with van der Waals surface area (Å²) in [7, 11) is 1.73. The van der Waals surface area contributed by atoms with Crippen LogP contribution in [0.2, 0.25) is 0 Å². The molecule has 1 aromatic carbocycles. The first kappa shape index (κ1) is 22.7. The van der Waals surface area contributed by atoms with E-state index in [1.165, 1.54) is 5.56 Å². The van der Waals surface area contributed by atoms with Gasteiger partial charge in [-0.3, -0.25) is 9.88 Å². The highest BCUT2D eigenvalue weighted by Gasteiger charge is 2.33. The predicted octanol–water partition coefficient (Wildman–Crippen LogP) is 3.72. The van der Waals surface area contributed by atoms with E-state index in [1.807, 2.05) is 13.1 Å². The number of benzene rings is 1. The van der Waals surface area contributed by atoms with Gasteiger partial charge in [0.25, 0.3) is 0 Å². The Morgan fingerprint density at radius 2 is 1.85 bits per heavy atom. The molecule has 26 heavy (non-hydrogen) atoms. The summed E-state index contributed by atoms with van der Waals surface area (Å²) in [6, 6.07) is 10.7. The quantitative estimate of drug-likeness (QED) is 0.834. The second-order valence-corrected chi connectivity index (χ2v) is 6.75. The third kappa shape index (κ3) is 4.68. The van der Waals surface area contributed by atoms with Crippen molar-refractivity contribution in [2.45, 2.75) is 26.3 Å².